The zero-order valence-electron chi connectivity index (χ0n) is 14.7. The second-order valence-corrected chi connectivity index (χ2v) is 6.36. The summed E-state index contributed by atoms with van der Waals surface area (Å²) in [5.41, 5.74) is 0.334. The van der Waals surface area contributed by atoms with E-state index in [-0.39, 0.29) is 12.1 Å². The number of halogens is 3. The molecule has 1 saturated heterocycles. The van der Waals surface area contributed by atoms with E-state index in [4.69, 9.17) is 4.74 Å². The number of piperazine rings is 1. The van der Waals surface area contributed by atoms with E-state index < -0.39 is 17.8 Å². The van der Waals surface area contributed by atoms with Crippen LogP contribution in [0.5, 0.6) is 5.75 Å². The predicted octanol–water partition coefficient (Wildman–Crippen LogP) is 3.12. The summed E-state index contributed by atoms with van der Waals surface area (Å²) in [5, 5.41) is 0. The SMILES string of the molecule is Cc1cncc(OC(=O)N2CCN(Cc3cnccc3C(F)(F)F)CC2)c1. The van der Waals surface area contributed by atoms with Crippen molar-refractivity contribution in [2.24, 2.45) is 0 Å². The zero-order valence-corrected chi connectivity index (χ0v) is 14.7. The van der Waals surface area contributed by atoms with Crippen LogP contribution in [0, 0.1) is 6.92 Å². The average Bonchev–Trinajstić information content (AvgIpc) is 2.62. The van der Waals surface area contributed by atoms with Crippen molar-refractivity contribution in [2.45, 2.75) is 19.6 Å². The molecule has 3 rings (SSSR count). The van der Waals surface area contributed by atoms with Crippen molar-refractivity contribution in [1.29, 1.82) is 0 Å². The van der Waals surface area contributed by atoms with Gasteiger partial charge in [-0.1, -0.05) is 0 Å². The molecule has 0 atom stereocenters. The van der Waals surface area contributed by atoms with Crippen LogP contribution < -0.4 is 4.74 Å². The number of rotatable bonds is 3. The smallest absolute Gasteiger partial charge is 0.409 e. The standard InChI is InChI=1S/C18H19F3N4O2/c1-13-8-15(11-23-9-13)27-17(26)25-6-4-24(5-7-25)12-14-10-22-3-2-16(14)18(19,20)21/h2-3,8-11H,4-7,12H2,1H3. The Labute approximate surface area is 154 Å². The maximum atomic E-state index is 13.1. The molecular weight excluding hydrogens is 361 g/mol. The molecule has 1 fully saturated rings. The van der Waals surface area contributed by atoms with Crippen molar-refractivity contribution in [3.8, 4) is 5.75 Å². The van der Waals surface area contributed by atoms with Crippen molar-refractivity contribution in [3.63, 3.8) is 0 Å². The second kappa shape index (κ2) is 7.91. The third-order valence-corrected chi connectivity index (χ3v) is 4.29. The molecule has 0 aliphatic carbocycles. The van der Waals surface area contributed by atoms with Crippen molar-refractivity contribution in [3.05, 3.63) is 53.6 Å². The first-order valence-electron chi connectivity index (χ1n) is 8.44. The van der Waals surface area contributed by atoms with Gasteiger partial charge in [-0.2, -0.15) is 13.2 Å². The highest BCUT2D eigenvalue weighted by Crippen LogP contribution is 2.32. The van der Waals surface area contributed by atoms with Gasteiger partial charge in [0.2, 0.25) is 0 Å². The summed E-state index contributed by atoms with van der Waals surface area (Å²) in [6, 6.07) is 2.70. The molecule has 2 aromatic rings. The van der Waals surface area contributed by atoms with Gasteiger partial charge in [0.05, 0.1) is 11.8 Å². The number of nitrogens with zero attached hydrogens (tertiary/aromatic N) is 4. The van der Waals surface area contributed by atoms with Gasteiger partial charge in [0, 0.05) is 51.3 Å². The van der Waals surface area contributed by atoms with Gasteiger partial charge in [-0.15, -0.1) is 0 Å². The molecule has 9 heteroatoms. The van der Waals surface area contributed by atoms with E-state index in [0.717, 1.165) is 17.8 Å². The summed E-state index contributed by atoms with van der Waals surface area (Å²) < 4.78 is 44.6. The number of pyridine rings is 2. The Kier molecular flexibility index (Phi) is 5.59. The van der Waals surface area contributed by atoms with E-state index in [1.165, 1.54) is 17.3 Å². The molecular formula is C18H19F3N4O2. The van der Waals surface area contributed by atoms with Crippen molar-refractivity contribution < 1.29 is 22.7 Å². The highest BCUT2D eigenvalue weighted by molar-refractivity contribution is 5.70. The summed E-state index contributed by atoms with van der Waals surface area (Å²) in [5.74, 6) is 0.368. The molecule has 144 valence electrons. The summed E-state index contributed by atoms with van der Waals surface area (Å²) in [7, 11) is 0. The number of ether oxygens (including phenoxy) is 1. The third-order valence-electron chi connectivity index (χ3n) is 4.29. The molecule has 3 heterocycles. The maximum Gasteiger partial charge on any atom is 0.416 e. The van der Waals surface area contributed by atoms with Gasteiger partial charge < -0.3 is 9.64 Å². The highest BCUT2D eigenvalue weighted by atomic mass is 19.4. The van der Waals surface area contributed by atoms with Gasteiger partial charge in [0.25, 0.3) is 0 Å². The quantitative estimate of drug-likeness (QED) is 0.819. The monoisotopic (exact) mass is 380 g/mol. The van der Waals surface area contributed by atoms with E-state index in [0.29, 0.717) is 31.9 Å². The van der Waals surface area contributed by atoms with E-state index in [1.54, 1.807) is 12.3 Å². The fourth-order valence-electron chi connectivity index (χ4n) is 2.91. The van der Waals surface area contributed by atoms with Gasteiger partial charge in [-0.25, -0.2) is 4.79 Å². The molecule has 6 nitrogen and oxygen atoms in total. The Morgan fingerprint density at radius 1 is 1.15 bits per heavy atom. The summed E-state index contributed by atoms with van der Waals surface area (Å²) in [4.78, 5) is 23.4. The normalized spacial score (nSPS) is 15.6. The number of aryl methyl sites for hydroxylation is 1. The van der Waals surface area contributed by atoms with Crippen molar-refractivity contribution in [2.75, 3.05) is 26.2 Å². The largest absolute Gasteiger partial charge is 0.416 e. The van der Waals surface area contributed by atoms with Gasteiger partial charge in [0.1, 0.15) is 0 Å². The van der Waals surface area contributed by atoms with Gasteiger partial charge in [-0.3, -0.25) is 14.9 Å². The number of carbonyl (C=O) groups is 1. The number of aromatic nitrogens is 2. The first-order valence-corrected chi connectivity index (χ1v) is 8.44. The number of hydrogen-bond acceptors (Lipinski definition) is 5. The number of carbonyl (C=O) groups excluding carboxylic acids is 1. The Hall–Kier alpha value is -2.68. The van der Waals surface area contributed by atoms with Crippen LogP contribution in [0.4, 0.5) is 18.0 Å². The molecule has 0 spiro atoms. The Bertz CT molecular complexity index is 805. The topological polar surface area (TPSA) is 58.6 Å². The van der Waals surface area contributed by atoms with Crippen LogP contribution in [0.1, 0.15) is 16.7 Å². The van der Waals surface area contributed by atoms with E-state index >= 15 is 0 Å². The Balaban J connectivity index is 1.56. The Morgan fingerprint density at radius 3 is 2.56 bits per heavy atom. The average molecular weight is 380 g/mol. The highest BCUT2D eigenvalue weighted by Gasteiger charge is 2.34. The minimum absolute atomic E-state index is 0.131. The summed E-state index contributed by atoms with van der Waals surface area (Å²) in [6.45, 7) is 3.63. The van der Waals surface area contributed by atoms with Crippen LogP contribution in [0.2, 0.25) is 0 Å². The Morgan fingerprint density at radius 2 is 1.89 bits per heavy atom. The van der Waals surface area contributed by atoms with Crippen LogP contribution in [-0.2, 0) is 12.7 Å². The van der Waals surface area contributed by atoms with E-state index in [1.807, 2.05) is 11.8 Å². The van der Waals surface area contributed by atoms with Crippen LogP contribution >= 0.6 is 0 Å². The molecule has 27 heavy (non-hydrogen) atoms. The fraction of sp³-hybridized carbons (Fsp3) is 0.389. The lowest BCUT2D eigenvalue weighted by Crippen LogP contribution is -2.49. The van der Waals surface area contributed by atoms with Crippen LogP contribution in [0.3, 0.4) is 0 Å². The molecule has 0 saturated carbocycles. The van der Waals surface area contributed by atoms with Crippen LogP contribution in [-0.4, -0.2) is 52.0 Å². The molecule has 2 aromatic heterocycles. The first kappa shape index (κ1) is 19.1. The summed E-state index contributed by atoms with van der Waals surface area (Å²) in [6.07, 6.45) is 0.603. The van der Waals surface area contributed by atoms with Gasteiger partial charge in [-0.05, 0) is 30.2 Å². The van der Waals surface area contributed by atoms with Crippen molar-refractivity contribution in [1.82, 2.24) is 19.8 Å². The first-order chi connectivity index (χ1) is 12.8. The number of hydrogen-bond donors (Lipinski definition) is 0. The maximum absolute atomic E-state index is 13.1. The van der Waals surface area contributed by atoms with Crippen molar-refractivity contribution >= 4 is 6.09 Å². The number of amides is 1. The molecule has 0 bridgehead atoms. The fourth-order valence-corrected chi connectivity index (χ4v) is 2.91. The van der Waals surface area contributed by atoms with Gasteiger partial charge >= 0.3 is 12.3 Å². The second-order valence-electron chi connectivity index (χ2n) is 6.36. The lowest BCUT2D eigenvalue weighted by Gasteiger charge is -2.34. The number of alkyl halides is 3. The lowest BCUT2D eigenvalue weighted by molar-refractivity contribution is -0.138. The predicted molar refractivity (Wildman–Crippen MR) is 91.1 cm³/mol. The lowest BCUT2D eigenvalue weighted by atomic mass is 10.1. The van der Waals surface area contributed by atoms with Gasteiger partial charge in [0.15, 0.2) is 5.75 Å². The molecule has 1 amide bonds. The minimum atomic E-state index is -4.41. The molecule has 0 aromatic carbocycles. The molecule has 0 unspecified atom stereocenters. The zero-order chi connectivity index (χ0) is 19.4. The molecule has 1 aliphatic rings. The van der Waals surface area contributed by atoms with E-state index in [2.05, 4.69) is 9.97 Å². The third kappa shape index (κ3) is 4.94. The van der Waals surface area contributed by atoms with Crippen LogP contribution in [0.25, 0.3) is 0 Å². The summed E-state index contributed by atoms with van der Waals surface area (Å²) >= 11 is 0. The minimum Gasteiger partial charge on any atom is -0.409 e. The molecule has 1 aliphatic heterocycles. The van der Waals surface area contributed by atoms with Crippen LogP contribution in [0.15, 0.2) is 36.9 Å². The van der Waals surface area contributed by atoms with E-state index in [9.17, 15) is 18.0 Å². The molecule has 0 N–H and O–H groups in total. The molecule has 0 radical (unpaired) electrons.